The fourth-order valence-corrected chi connectivity index (χ4v) is 3.19. The predicted octanol–water partition coefficient (Wildman–Crippen LogP) is 2.86. The number of nitrogens with two attached hydrogens (primary N) is 1. The quantitative estimate of drug-likeness (QED) is 0.667. The number of aromatic nitrogens is 1. The maximum atomic E-state index is 12.5. The molecule has 4 N–H and O–H groups in total. The van der Waals surface area contributed by atoms with Gasteiger partial charge >= 0.3 is 0 Å². The Morgan fingerprint density at radius 1 is 1.39 bits per heavy atom. The van der Waals surface area contributed by atoms with E-state index in [-0.39, 0.29) is 35.8 Å². The van der Waals surface area contributed by atoms with Crippen molar-refractivity contribution in [2.45, 2.75) is 58.4 Å². The molecule has 0 spiro atoms. The molecule has 0 saturated carbocycles. The molecule has 2 unspecified atom stereocenters. The summed E-state index contributed by atoms with van der Waals surface area (Å²) >= 11 is 0. The van der Waals surface area contributed by atoms with Crippen LogP contribution in [0.15, 0.2) is 29.1 Å². The van der Waals surface area contributed by atoms with E-state index < -0.39 is 17.7 Å². The lowest BCUT2D eigenvalue weighted by atomic mass is 10.0. The number of aromatic amines is 1. The molecule has 7 nitrogen and oxygen atoms in total. The van der Waals surface area contributed by atoms with E-state index in [2.05, 4.69) is 15.0 Å². The van der Waals surface area contributed by atoms with Crippen LogP contribution in [0.3, 0.4) is 0 Å². The van der Waals surface area contributed by atoms with Crippen molar-refractivity contribution in [2.24, 2.45) is 5.73 Å². The highest BCUT2D eigenvalue weighted by atomic mass is 19.2. The van der Waals surface area contributed by atoms with Crippen LogP contribution in [-0.4, -0.2) is 30.1 Å². The maximum absolute atomic E-state index is 12.5. The van der Waals surface area contributed by atoms with E-state index in [0.717, 1.165) is 30.3 Å². The van der Waals surface area contributed by atoms with Crippen molar-refractivity contribution in [3.63, 3.8) is 0 Å². The van der Waals surface area contributed by atoms with Crippen molar-refractivity contribution in [1.29, 1.82) is 0 Å². The van der Waals surface area contributed by atoms with Gasteiger partial charge in [0.25, 0.3) is 0 Å². The average molecular weight is 437 g/mol. The summed E-state index contributed by atoms with van der Waals surface area (Å²) in [6, 6.07) is 4.73. The Morgan fingerprint density at radius 3 is 2.65 bits per heavy atom. The number of hydrogen-bond donors (Lipinski definition) is 3. The summed E-state index contributed by atoms with van der Waals surface area (Å²) < 4.78 is 35.2. The van der Waals surface area contributed by atoms with Crippen molar-refractivity contribution < 1.29 is 23.0 Å². The number of aryl methyl sites for hydroxylation is 1. The van der Waals surface area contributed by atoms with E-state index in [1.54, 1.807) is 6.92 Å². The molecule has 1 amide bonds. The number of rotatable bonds is 5. The highest BCUT2D eigenvalue weighted by molar-refractivity contribution is 5.80. The molecule has 0 aliphatic carbocycles. The number of H-pyrrole nitrogens is 1. The fraction of sp³-hybridized carbons (Fsp3) is 0.455. The average Bonchev–Trinajstić information content (AvgIpc) is 3.15. The van der Waals surface area contributed by atoms with Gasteiger partial charge in [0.15, 0.2) is 17.0 Å². The first kappa shape index (κ1) is 24.5. The molecule has 31 heavy (non-hydrogen) atoms. The highest BCUT2D eigenvalue weighted by Gasteiger charge is 2.27. The number of carbonyl (C=O) groups excluding carboxylic acids is 1. The summed E-state index contributed by atoms with van der Waals surface area (Å²) in [6.45, 7) is 5.63. The van der Waals surface area contributed by atoms with Crippen molar-refractivity contribution in [3.05, 3.63) is 63.1 Å². The van der Waals surface area contributed by atoms with Gasteiger partial charge in [-0.15, -0.1) is 0 Å². The van der Waals surface area contributed by atoms with Gasteiger partial charge in [-0.25, -0.2) is 4.39 Å². The number of methoxy groups -OCH3 is 1. The third-order valence-corrected chi connectivity index (χ3v) is 4.84. The van der Waals surface area contributed by atoms with Gasteiger partial charge in [0, 0.05) is 23.9 Å². The number of benzene rings is 1. The minimum absolute atomic E-state index is 0.0694. The minimum Gasteiger partial charge on any atom is -0.494 e. The van der Waals surface area contributed by atoms with Gasteiger partial charge in [0.05, 0.1) is 31.1 Å². The molecule has 2 aromatic rings. The summed E-state index contributed by atoms with van der Waals surface area (Å²) in [6.07, 6.45) is 1.90. The highest BCUT2D eigenvalue weighted by Crippen LogP contribution is 2.32. The first-order valence-corrected chi connectivity index (χ1v) is 10.0. The lowest BCUT2D eigenvalue weighted by molar-refractivity contribution is -0.122. The standard InChI is InChI=1S/C15H23N3O3.C7H6F2O/c1-8-6-12(19)11(7-17-15(20)10(3)16)14(18-8)13-5-4-9(2)21-13;1-10-6-4-2-3-5(8)7(6)9/h6,9-10,13H,4-5,7,16H2,1-3H3,(H,17,20)(H,18,19);2-4H,1H3/t9?,10-,13?;/m0./s1. The summed E-state index contributed by atoms with van der Waals surface area (Å²) in [5.41, 5.74) is 7.54. The summed E-state index contributed by atoms with van der Waals surface area (Å²) in [5.74, 6) is -2.18. The van der Waals surface area contributed by atoms with E-state index in [1.807, 2.05) is 13.8 Å². The number of pyridine rings is 1. The molecule has 1 aliphatic rings. The topological polar surface area (TPSA) is 106 Å². The molecule has 3 rings (SSSR count). The van der Waals surface area contributed by atoms with Gasteiger partial charge in [-0.1, -0.05) is 6.07 Å². The van der Waals surface area contributed by atoms with E-state index >= 15 is 0 Å². The van der Waals surface area contributed by atoms with Gasteiger partial charge in [0.2, 0.25) is 11.7 Å². The number of carbonyl (C=O) groups is 1. The third-order valence-electron chi connectivity index (χ3n) is 4.84. The minimum atomic E-state index is -0.940. The van der Waals surface area contributed by atoms with Gasteiger partial charge < -0.3 is 25.5 Å². The smallest absolute Gasteiger partial charge is 0.236 e. The van der Waals surface area contributed by atoms with Gasteiger partial charge in [0.1, 0.15) is 0 Å². The zero-order valence-corrected chi connectivity index (χ0v) is 18.1. The number of halogens is 2. The van der Waals surface area contributed by atoms with Crippen LogP contribution in [-0.2, 0) is 16.1 Å². The maximum Gasteiger partial charge on any atom is 0.236 e. The van der Waals surface area contributed by atoms with Crippen LogP contribution in [0.25, 0.3) is 0 Å². The Bertz CT molecular complexity index is 962. The largest absolute Gasteiger partial charge is 0.494 e. The number of hydrogen-bond acceptors (Lipinski definition) is 5. The Morgan fingerprint density at radius 2 is 2.10 bits per heavy atom. The zero-order valence-electron chi connectivity index (χ0n) is 18.1. The third kappa shape index (κ3) is 6.60. The molecule has 1 fully saturated rings. The monoisotopic (exact) mass is 437 g/mol. The molecule has 3 atom stereocenters. The van der Waals surface area contributed by atoms with Crippen molar-refractivity contribution in [1.82, 2.24) is 10.3 Å². The van der Waals surface area contributed by atoms with Crippen LogP contribution in [0.5, 0.6) is 5.75 Å². The number of amides is 1. The second kappa shape index (κ2) is 11.0. The summed E-state index contributed by atoms with van der Waals surface area (Å²) in [4.78, 5) is 27.0. The summed E-state index contributed by atoms with van der Waals surface area (Å²) in [5, 5.41) is 2.69. The molecule has 1 saturated heterocycles. The van der Waals surface area contributed by atoms with Gasteiger partial charge in [-0.2, -0.15) is 4.39 Å². The molecule has 0 radical (unpaired) electrons. The second-order valence-corrected chi connectivity index (χ2v) is 7.48. The van der Waals surface area contributed by atoms with Crippen LogP contribution in [0, 0.1) is 18.6 Å². The Kier molecular flexibility index (Phi) is 8.70. The van der Waals surface area contributed by atoms with Gasteiger partial charge in [-0.05, 0) is 45.7 Å². The molecule has 1 aromatic carbocycles. The number of ether oxygens (including phenoxy) is 2. The number of nitrogens with one attached hydrogen (secondary N) is 2. The summed E-state index contributed by atoms with van der Waals surface area (Å²) in [7, 11) is 1.29. The lowest BCUT2D eigenvalue weighted by Gasteiger charge is -2.17. The van der Waals surface area contributed by atoms with Crippen LogP contribution < -0.4 is 21.2 Å². The van der Waals surface area contributed by atoms with Crippen LogP contribution >= 0.6 is 0 Å². The Labute approximate surface area is 179 Å². The van der Waals surface area contributed by atoms with Crippen molar-refractivity contribution in [2.75, 3.05) is 7.11 Å². The predicted molar refractivity (Wildman–Crippen MR) is 113 cm³/mol. The van der Waals surface area contributed by atoms with Crippen LogP contribution in [0.4, 0.5) is 8.78 Å². The van der Waals surface area contributed by atoms with Crippen LogP contribution in [0.1, 0.15) is 49.7 Å². The SMILES string of the molecule is COc1cccc(F)c1F.Cc1cc(=O)c(CNC(=O)[C@H](C)N)c(C2CCC(C)O2)[nH]1. The van der Waals surface area contributed by atoms with E-state index in [0.29, 0.717) is 5.56 Å². The molecule has 9 heteroatoms. The molecular weight excluding hydrogens is 408 g/mol. The molecular formula is C22H29F2N3O4. The molecule has 0 bridgehead atoms. The second-order valence-electron chi connectivity index (χ2n) is 7.48. The van der Waals surface area contributed by atoms with E-state index in [4.69, 9.17) is 10.5 Å². The van der Waals surface area contributed by atoms with E-state index in [1.165, 1.54) is 25.3 Å². The zero-order chi connectivity index (χ0) is 23.1. The first-order chi connectivity index (χ1) is 14.6. The molecule has 1 aliphatic heterocycles. The van der Waals surface area contributed by atoms with Crippen LogP contribution in [0.2, 0.25) is 0 Å². The first-order valence-electron chi connectivity index (χ1n) is 10.0. The molecule has 170 valence electrons. The molecule has 1 aromatic heterocycles. The Balaban J connectivity index is 0.000000285. The normalized spacial score (nSPS) is 18.7. The van der Waals surface area contributed by atoms with Gasteiger partial charge in [-0.3, -0.25) is 9.59 Å². The Hall–Kier alpha value is -2.78. The van der Waals surface area contributed by atoms with E-state index in [9.17, 15) is 18.4 Å². The fourth-order valence-electron chi connectivity index (χ4n) is 3.19. The lowest BCUT2D eigenvalue weighted by Crippen LogP contribution is -2.39. The molecule has 2 heterocycles. The van der Waals surface area contributed by atoms with Crippen molar-refractivity contribution >= 4 is 5.91 Å². The van der Waals surface area contributed by atoms with Crippen molar-refractivity contribution in [3.8, 4) is 5.75 Å².